The molecule has 9 nitrogen and oxygen atoms in total. The quantitative estimate of drug-likeness (QED) is 0.307. The smallest absolute Gasteiger partial charge is 0.276 e. The molecule has 3 heterocycles. The predicted molar refractivity (Wildman–Crippen MR) is 115 cm³/mol. The average Bonchev–Trinajstić information content (AvgIpc) is 3.48. The Labute approximate surface area is 184 Å². The number of anilines is 1. The molecule has 0 aromatic heterocycles. The second kappa shape index (κ2) is 7.57. The lowest BCUT2D eigenvalue weighted by Gasteiger charge is -2.17. The van der Waals surface area contributed by atoms with Gasteiger partial charge in [0.1, 0.15) is 5.75 Å². The van der Waals surface area contributed by atoms with Gasteiger partial charge in [-0.3, -0.25) is 9.59 Å². The number of hydrogen-bond donors (Lipinski definition) is 1. The molecule has 0 unspecified atom stereocenters. The molecule has 2 saturated heterocycles. The molecule has 1 N–H and O–H groups in total. The first kappa shape index (κ1) is 20.4. The zero-order valence-electron chi connectivity index (χ0n) is 16.9. The zero-order chi connectivity index (χ0) is 22.5. The molecule has 0 saturated carbocycles. The number of amides is 2. The maximum Gasteiger partial charge on any atom is 0.276 e. The highest BCUT2D eigenvalue weighted by Crippen LogP contribution is 2.46. The van der Waals surface area contributed by atoms with Crippen molar-refractivity contribution in [1.82, 2.24) is 4.83 Å². The van der Waals surface area contributed by atoms with Crippen molar-refractivity contribution in [3.63, 3.8) is 0 Å². The normalized spacial score (nSPS) is 26.2. The minimum absolute atomic E-state index is 0.0440. The van der Waals surface area contributed by atoms with Crippen LogP contribution in [0.1, 0.15) is 5.56 Å². The topological polar surface area (TPSA) is 114 Å². The number of nitrogens with zero attached hydrogens (tertiary/aromatic N) is 2. The van der Waals surface area contributed by atoms with Crippen molar-refractivity contribution in [2.45, 2.75) is 17.1 Å². The van der Waals surface area contributed by atoms with E-state index in [1.807, 2.05) is 12.2 Å². The third-order valence-electron chi connectivity index (χ3n) is 5.82. The molecule has 0 radical (unpaired) electrons. The van der Waals surface area contributed by atoms with Gasteiger partial charge >= 0.3 is 0 Å². The number of carbonyl (C=O) groups excluding carboxylic acids is 2. The Bertz CT molecular complexity index is 1210. The molecule has 32 heavy (non-hydrogen) atoms. The Hall–Kier alpha value is -3.50. The van der Waals surface area contributed by atoms with E-state index in [0.717, 1.165) is 4.90 Å². The monoisotopic (exact) mass is 453 g/mol. The molecule has 3 aliphatic rings. The molecule has 0 aliphatic carbocycles. The van der Waals surface area contributed by atoms with E-state index in [1.54, 1.807) is 31.4 Å². The number of benzene rings is 2. The van der Waals surface area contributed by atoms with Crippen molar-refractivity contribution in [2.24, 2.45) is 16.9 Å². The Kier molecular flexibility index (Phi) is 4.83. The van der Waals surface area contributed by atoms with Crippen molar-refractivity contribution in [3.05, 3.63) is 66.2 Å². The molecule has 4 atom stereocenters. The van der Waals surface area contributed by atoms with E-state index < -0.39 is 21.9 Å². The fourth-order valence-electron chi connectivity index (χ4n) is 4.25. The summed E-state index contributed by atoms with van der Waals surface area (Å²) in [6.07, 6.45) is 4.25. The third-order valence-corrected chi connectivity index (χ3v) is 7.06. The highest BCUT2D eigenvalue weighted by atomic mass is 32.2. The van der Waals surface area contributed by atoms with Gasteiger partial charge in [0, 0.05) is 0 Å². The maximum atomic E-state index is 12.8. The third kappa shape index (κ3) is 3.28. The summed E-state index contributed by atoms with van der Waals surface area (Å²) in [7, 11) is -2.37. The fraction of sp³-hybridized carbons (Fsp3) is 0.227. The molecule has 2 amide bonds. The molecule has 2 bridgehead atoms. The highest BCUT2D eigenvalue weighted by molar-refractivity contribution is 7.89. The number of methoxy groups -OCH3 is 1. The first-order valence-corrected chi connectivity index (χ1v) is 11.4. The van der Waals surface area contributed by atoms with E-state index in [1.165, 1.54) is 30.5 Å². The van der Waals surface area contributed by atoms with Gasteiger partial charge < -0.3 is 9.47 Å². The van der Waals surface area contributed by atoms with Crippen LogP contribution in [0.5, 0.6) is 5.75 Å². The molecular weight excluding hydrogens is 434 g/mol. The number of hydrazone groups is 1. The lowest BCUT2D eigenvalue weighted by atomic mass is 9.85. The fourth-order valence-corrected chi connectivity index (χ4v) is 5.04. The largest absolute Gasteiger partial charge is 0.497 e. The molecular formula is C22H19N3O6S. The number of rotatable bonds is 6. The summed E-state index contributed by atoms with van der Waals surface area (Å²) in [5, 5.41) is 3.79. The van der Waals surface area contributed by atoms with Gasteiger partial charge in [-0.1, -0.05) is 12.2 Å². The van der Waals surface area contributed by atoms with Crippen LogP contribution >= 0.6 is 0 Å². The molecule has 2 aromatic carbocycles. The standard InChI is InChI=1S/C22H19N3O6S/c1-30-15-6-2-13(3-7-15)12-23-24-32(28,29)16-8-4-14(5-9-16)25-21(26)19-17-10-11-18(31-17)20(19)22(25)27/h2-12,17-20,24H,1H3/b23-12+/t17-,18+,19-,20+. The van der Waals surface area contributed by atoms with E-state index in [-0.39, 0.29) is 28.9 Å². The number of sulfonamides is 1. The van der Waals surface area contributed by atoms with Crippen molar-refractivity contribution in [2.75, 3.05) is 12.0 Å². The summed E-state index contributed by atoms with van der Waals surface area (Å²) in [6, 6.07) is 12.5. The lowest BCUT2D eigenvalue weighted by Crippen LogP contribution is -2.34. The van der Waals surface area contributed by atoms with Crippen molar-refractivity contribution >= 4 is 33.7 Å². The van der Waals surface area contributed by atoms with Crippen LogP contribution in [0.3, 0.4) is 0 Å². The second-order valence-electron chi connectivity index (χ2n) is 7.63. The zero-order valence-corrected chi connectivity index (χ0v) is 17.7. The maximum absolute atomic E-state index is 12.8. The summed E-state index contributed by atoms with van der Waals surface area (Å²) in [6.45, 7) is 0. The van der Waals surface area contributed by atoms with Gasteiger partial charge in [0.2, 0.25) is 11.8 Å². The minimum Gasteiger partial charge on any atom is -0.497 e. The van der Waals surface area contributed by atoms with Crippen molar-refractivity contribution in [1.29, 1.82) is 0 Å². The Morgan fingerprint density at radius 1 is 0.969 bits per heavy atom. The van der Waals surface area contributed by atoms with E-state index in [4.69, 9.17) is 9.47 Å². The van der Waals surface area contributed by atoms with Crippen LogP contribution in [0.2, 0.25) is 0 Å². The highest BCUT2D eigenvalue weighted by Gasteiger charge is 2.61. The molecule has 164 valence electrons. The number of hydrogen-bond acceptors (Lipinski definition) is 7. The van der Waals surface area contributed by atoms with Gasteiger partial charge in [0.05, 0.1) is 48.0 Å². The number of fused-ring (bicyclic) bond motifs is 5. The van der Waals surface area contributed by atoms with Crippen molar-refractivity contribution < 1.29 is 27.5 Å². The Balaban J connectivity index is 1.29. The Morgan fingerprint density at radius 3 is 2.12 bits per heavy atom. The summed E-state index contributed by atoms with van der Waals surface area (Å²) in [5.74, 6) is -1.01. The van der Waals surface area contributed by atoms with Crippen LogP contribution in [0, 0.1) is 11.8 Å². The SMILES string of the molecule is COc1ccc(/C=N/NS(=O)(=O)c2ccc(N3C(=O)[C@@H]4[C@H](C3=O)[C@H]3C=C[C@@H]4O3)cc2)cc1. The number of carbonyl (C=O) groups is 2. The van der Waals surface area contributed by atoms with E-state index in [0.29, 0.717) is 17.0 Å². The summed E-state index contributed by atoms with van der Waals surface area (Å²) >= 11 is 0. The molecule has 3 aliphatic heterocycles. The Morgan fingerprint density at radius 2 is 1.56 bits per heavy atom. The van der Waals surface area contributed by atoms with Gasteiger partial charge in [0.25, 0.3) is 10.0 Å². The lowest BCUT2D eigenvalue weighted by molar-refractivity contribution is -0.124. The van der Waals surface area contributed by atoms with Gasteiger partial charge in [-0.25, -0.2) is 9.73 Å². The van der Waals surface area contributed by atoms with E-state index in [9.17, 15) is 18.0 Å². The van der Waals surface area contributed by atoms with Gasteiger partial charge in [-0.15, -0.1) is 0 Å². The van der Waals surface area contributed by atoms with Crippen LogP contribution < -0.4 is 14.5 Å². The van der Waals surface area contributed by atoms with Crippen molar-refractivity contribution in [3.8, 4) is 5.75 Å². The molecule has 2 aromatic rings. The molecule has 10 heteroatoms. The average molecular weight is 453 g/mol. The molecule has 0 spiro atoms. The second-order valence-corrected chi connectivity index (χ2v) is 9.29. The number of imide groups is 1. The van der Waals surface area contributed by atoms with Crippen LogP contribution in [0.15, 0.2) is 70.7 Å². The predicted octanol–water partition coefficient (Wildman–Crippen LogP) is 1.45. The van der Waals surface area contributed by atoms with Crippen LogP contribution in [0.4, 0.5) is 5.69 Å². The van der Waals surface area contributed by atoms with Gasteiger partial charge in [-0.2, -0.15) is 13.5 Å². The summed E-state index contributed by atoms with van der Waals surface area (Å²) in [4.78, 5) is 28.9. The first-order valence-electron chi connectivity index (χ1n) is 9.89. The van der Waals surface area contributed by atoms with E-state index >= 15 is 0 Å². The van der Waals surface area contributed by atoms with E-state index in [2.05, 4.69) is 9.93 Å². The number of nitrogens with one attached hydrogen (secondary N) is 1. The van der Waals surface area contributed by atoms with Gasteiger partial charge in [0.15, 0.2) is 0 Å². The summed E-state index contributed by atoms with van der Waals surface area (Å²) < 4.78 is 35.7. The van der Waals surface area contributed by atoms with Crippen LogP contribution in [-0.2, 0) is 24.3 Å². The minimum atomic E-state index is -3.92. The summed E-state index contributed by atoms with van der Waals surface area (Å²) in [5.41, 5.74) is 1.02. The molecule has 5 rings (SSSR count). The number of ether oxygens (including phenoxy) is 2. The molecule has 2 fully saturated rings. The first-order chi connectivity index (χ1) is 15.4. The van der Waals surface area contributed by atoms with Gasteiger partial charge in [-0.05, 0) is 54.1 Å². The van der Waals surface area contributed by atoms with Crippen LogP contribution in [-0.4, -0.2) is 45.8 Å². The van der Waals surface area contributed by atoms with Crippen LogP contribution in [0.25, 0.3) is 0 Å².